The molecule has 2 saturated heterocycles. The Labute approximate surface area is 130 Å². The van der Waals surface area contributed by atoms with Gasteiger partial charge >= 0.3 is 6.09 Å². The molecule has 0 spiro atoms. The second-order valence-corrected chi connectivity index (χ2v) is 6.59. The van der Waals surface area contributed by atoms with Crippen molar-refractivity contribution in [3.8, 4) is 0 Å². The smallest absolute Gasteiger partial charge is 0.410 e. The van der Waals surface area contributed by atoms with Gasteiger partial charge < -0.3 is 9.64 Å². The normalized spacial score (nSPS) is 26.9. The molecule has 1 aromatic rings. The number of cyclic esters (lactones) is 1. The highest BCUT2D eigenvalue weighted by Crippen LogP contribution is 2.33. The number of anilines is 1. The predicted octanol–water partition coefficient (Wildman–Crippen LogP) is 1.69. The third-order valence-corrected chi connectivity index (χ3v) is 5.41. The third-order valence-electron chi connectivity index (χ3n) is 5.41. The molecule has 2 fully saturated rings. The van der Waals surface area contributed by atoms with Gasteiger partial charge in [0.1, 0.15) is 6.61 Å². The third kappa shape index (κ3) is 1.89. The topological polar surface area (TPSA) is 58.6 Å². The second kappa shape index (κ2) is 4.83. The van der Waals surface area contributed by atoms with Gasteiger partial charge in [-0.15, -0.1) is 0 Å². The molecule has 1 unspecified atom stereocenters. The lowest BCUT2D eigenvalue weighted by atomic mass is 9.93. The number of nitrogens with zero attached hydrogens (tertiary/aromatic N) is 4. The van der Waals surface area contributed by atoms with E-state index in [1.54, 1.807) is 0 Å². The van der Waals surface area contributed by atoms with Crippen LogP contribution in [-0.4, -0.2) is 52.7 Å². The summed E-state index contributed by atoms with van der Waals surface area (Å²) < 4.78 is 5.30. The van der Waals surface area contributed by atoms with Crippen LogP contribution in [0, 0.1) is 6.92 Å². The predicted molar refractivity (Wildman–Crippen MR) is 82.1 cm³/mol. The number of carbonyl (C=O) groups excluding carboxylic acids is 1. The van der Waals surface area contributed by atoms with Crippen LogP contribution in [0.25, 0.3) is 0 Å². The number of fused-ring (bicyclic) bond motifs is 2. The van der Waals surface area contributed by atoms with E-state index in [0.29, 0.717) is 13.2 Å². The molecular weight excluding hydrogens is 280 g/mol. The lowest BCUT2D eigenvalue weighted by Gasteiger charge is -2.44. The van der Waals surface area contributed by atoms with E-state index in [-0.39, 0.29) is 11.6 Å². The Balaban J connectivity index is 1.65. The molecule has 6 heteroatoms. The molecule has 4 rings (SSSR count). The highest BCUT2D eigenvalue weighted by Gasteiger charge is 2.50. The summed E-state index contributed by atoms with van der Waals surface area (Å²) in [4.78, 5) is 25.5. The molecular formula is C16H22N4O2. The van der Waals surface area contributed by atoms with E-state index in [4.69, 9.17) is 14.7 Å². The van der Waals surface area contributed by atoms with Crippen molar-refractivity contribution in [3.63, 3.8) is 0 Å². The lowest BCUT2D eigenvalue weighted by molar-refractivity contribution is 0.137. The van der Waals surface area contributed by atoms with Crippen molar-refractivity contribution in [1.82, 2.24) is 14.9 Å². The molecule has 118 valence electrons. The average molecular weight is 302 g/mol. The monoisotopic (exact) mass is 302 g/mol. The van der Waals surface area contributed by atoms with Crippen LogP contribution in [0.4, 0.5) is 10.7 Å². The van der Waals surface area contributed by atoms with Gasteiger partial charge in [0.05, 0.1) is 5.54 Å². The van der Waals surface area contributed by atoms with Crippen LogP contribution >= 0.6 is 0 Å². The van der Waals surface area contributed by atoms with Crippen molar-refractivity contribution in [2.75, 3.05) is 31.1 Å². The fraction of sp³-hybridized carbons (Fsp3) is 0.688. The maximum atomic E-state index is 11.9. The van der Waals surface area contributed by atoms with Crippen molar-refractivity contribution >= 4 is 12.0 Å². The van der Waals surface area contributed by atoms with Crippen LogP contribution in [0.5, 0.6) is 0 Å². The van der Waals surface area contributed by atoms with Gasteiger partial charge in [-0.2, -0.15) is 0 Å². The van der Waals surface area contributed by atoms with E-state index >= 15 is 0 Å². The maximum absolute atomic E-state index is 11.9. The minimum Gasteiger partial charge on any atom is -0.447 e. The summed E-state index contributed by atoms with van der Waals surface area (Å²) in [5.41, 5.74) is 3.46. The van der Waals surface area contributed by atoms with Crippen LogP contribution in [0.1, 0.15) is 36.7 Å². The minimum absolute atomic E-state index is 0.174. The SMILES string of the molecule is CCC12COC(=O)N1CCN(c1nc(C)c3c(n1)CCC3)C2. The molecule has 3 aliphatic rings. The van der Waals surface area contributed by atoms with Crippen LogP contribution < -0.4 is 4.90 Å². The first-order chi connectivity index (χ1) is 10.6. The molecule has 1 amide bonds. The summed E-state index contributed by atoms with van der Waals surface area (Å²) in [7, 11) is 0. The number of rotatable bonds is 2. The van der Waals surface area contributed by atoms with E-state index in [0.717, 1.165) is 44.0 Å². The van der Waals surface area contributed by atoms with Gasteiger partial charge in [-0.25, -0.2) is 14.8 Å². The van der Waals surface area contributed by atoms with Crippen LogP contribution in [0.2, 0.25) is 0 Å². The summed E-state index contributed by atoms with van der Waals surface area (Å²) >= 11 is 0. The summed E-state index contributed by atoms with van der Waals surface area (Å²) in [6, 6.07) is 0. The quantitative estimate of drug-likeness (QED) is 0.832. The molecule has 1 aliphatic carbocycles. The van der Waals surface area contributed by atoms with Gasteiger partial charge in [-0.3, -0.25) is 4.90 Å². The van der Waals surface area contributed by atoms with E-state index < -0.39 is 0 Å². The maximum Gasteiger partial charge on any atom is 0.410 e. The van der Waals surface area contributed by atoms with Gasteiger partial charge in [0.2, 0.25) is 5.95 Å². The number of aryl methyl sites for hydroxylation is 2. The number of piperazine rings is 1. The van der Waals surface area contributed by atoms with E-state index in [1.165, 1.54) is 17.7 Å². The first-order valence-corrected chi connectivity index (χ1v) is 8.19. The lowest BCUT2D eigenvalue weighted by Crippen LogP contribution is -2.61. The molecule has 2 aliphatic heterocycles. The Morgan fingerprint density at radius 1 is 1.27 bits per heavy atom. The zero-order chi connectivity index (χ0) is 15.3. The molecule has 1 atom stereocenters. The van der Waals surface area contributed by atoms with E-state index in [9.17, 15) is 4.79 Å². The van der Waals surface area contributed by atoms with E-state index in [1.807, 2.05) is 4.90 Å². The Morgan fingerprint density at radius 3 is 2.95 bits per heavy atom. The molecule has 3 heterocycles. The Bertz CT molecular complexity index is 633. The number of carbonyl (C=O) groups is 1. The zero-order valence-corrected chi connectivity index (χ0v) is 13.3. The summed E-state index contributed by atoms with van der Waals surface area (Å²) in [6.07, 6.45) is 4.07. The van der Waals surface area contributed by atoms with Crippen LogP contribution in [0.3, 0.4) is 0 Å². The number of ether oxygens (including phenoxy) is 1. The molecule has 0 radical (unpaired) electrons. The number of amides is 1. The molecule has 1 aromatic heterocycles. The van der Waals surface area contributed by atoms with E-state index in [2.05, 4.69) is 18.7 Å². The fourth-order valence-corrected chi connectivity index (χ4v) is 3.98. The van der Waals surface area contributed by atoms with Gasteiger partial charge in [-0.1, -0.05) is 6.92 Å². The highest BCUT2D eigenvalue weighted by molar-refractivity contribution is 5.72. The first kappa shape index (κ1) is 13.8. The van der Waals surface area contributed by atoms with Crippen molar-refractivity contribution in [2.24, 2.45) is 0 Å². The largest absolute Gasteiger partial charge is 0.447 e. The number of hydrogen-bond acceptors (Lipinski definition) is 5. The van der Waals surface area contributed by atoms with Gasteiger partial charge in [0.25, 0.3) is 0 Å². The Kier molecular flexibility index (Phi) is 3.03. The molecule has 0 saturated carbocycles. The molecule has 0 aromatic carbocycles. The minimum atomic E-state index is -0.217. The van der Waals surface area contributed by atoms with Crippen molar-refractivity contribution in [2.45, 2.75) is 45.1 Å². The molecule has 0 bridgehead atoms. The number of hydrogen-bond donors (Lipinski definition) is 0. The number of aromatic nitrogens is 2. The highest BCUT2D eigenvalue weighted by atomic mass is 16.6. The standard InChI is InChI=1S/C16H22N4O2/c1-3-16-9-19(7-8-20(16)15(21)22-10-16)14-17-11(2)12-5-4-6-13(12)18-14/h3-10H2,1-2H3. The first-order valence-electron chi connectivity index (χ1n) is 8.19. The van der Waals surface area contributed by atoms with Crippen molar-refractivity contribution < 1.29 is 9.53 Å². The summed E-state index contributed by atoms with van der Waals surface area (Å²) in [5, 5.41) is 0. The summed E-state index contributed by atoms with van der Waals surface area (Å²) in [5.74, 6) is 0.824. The van der Waals surface area contributed by atoms with Crippen molar-refractivity contribution in [1.29, 1.82) is 0 Å². The summed E-state index contributed by atoms with van der Waals surface area (Å²) in [6.45, 7) is 6.90. The Hall–Kier alpha value is -1.85. The fourth-order valence-electron chi connectivity index (χ4n) is 3.98. The molecule has 0 N–H and O–H groups in total. The second-order valence-electron chi connectivity index (χ2n) is 6.59. The van der Waals surface area contributed by atoms with Crippen LogP contribution in [-0.2, 0) is 17.6 Å². The van der Waals surface area contributed by atoms with Gasteiger partial charge in [-0.05, 0) is 38.2 Å². The Morgan fingerprint density at radius 2 is 2.14 bits per heavy atom. The zero-order valence-electron chi connectivity index (χ0n) is 13.3. The van der Waals surface area contributed by atoms with Gasteiger partial charge in [0.15, 0.2) is 0 Å². The molecule has 6 nitrogen and oxygen atoms in total. The van der Waals surface area contributed by atoms with Crippen molar-refractivity contribution in [3.05, 3.63) is 17.0 Å². The van der Waals surface area contributed by atoms with Gasteiger partial charge in [0, 0.05) is 31.0 Å². The average Bonchev–Trinajstić information content (AvgIpc) is 3.13. The molecule has 22 heavy (non-hydrogen) atoms. The van der Waals surface area contributed by atoms with Crippen LogP contribution in [0.15, 0.2) is 0 Å².